The van der Waals surface area contributed by atoms with E-state index in [-0.39, 0.29) is 29.6 Å². The van der Waals surface area contributed by atoms with E-state index in [1.165, 1.54) is 0 Å². The minimum Gasteiger partial charge on any atom is -0.465 e. The molecular formula is C28H33ClN2O5S. The lowest BCUT2D eigenvalue weighted by Crippen LogP contribution is -2.53. The topological polar surface area (TPSA) is 87.2 Å². The molecule has 2 fully saturated rings. The highest BCUT2D eigenvalue weighted by Gasteiger charge is 2.70. The Labute approximate surface area is 226 Å². The molecule has 7 nitrogen and oxygen atoms in total. The Morgan fingerprint density at radius 1 is 1.08 bits per heavy atom. The summed E-state index contributed by atoms with van der Waals surface area (Å²) < 4.78 is 4.74. The van der Waals surface area contributed by atoms with Crippen LogP contribution in [0.15, 0.2) is 48.6 Å². The lowest BCUT2D eigenvalue weighted by molar-refractivity contribution is -0.153. The van der Waals surface area contributed by atoms with E-state index in [9.17, 15) is 14.4 Å². The molecule has 37 heavy (non-hydrogen) atoms. The first-order valence-corrected chi connectivity index (χ1v) is 14.4. The van der Waals surface area contributed by atoms with Crippen molar-refractivity contribution in [3.63, 3.8) is 0 Å². The quantitative estimate of drug-likeness (QED) is 0.317. The average molecular weight is 545 g/mol. The van der Waals surface area contributed by atoms with Crippen LogP contribution in [0.25, 0.3) is 0 Å². The van der Waals surface area contributed by atoms with Crippen LogP contribution in [0.3, 0.4) is 0 Å². The number of nitrogens with zero attached hydrogens (tertiary/aromatic N) is 2. The number of hydrogen-bond donors (Lipinski definition) is 1. The third-order valence-corrected chi connectivity index (χ3v) is 9.87. The molecule has 198 valence electrons. The molecular weight excluding hydrogens is 512 g/mol. The number of carbonyl (C=O) groups is 3. The number of thioether (sulfide) groups is 1. The van der Waals surface area contributed by atoms with E-state index in [0.29, 0.717) is 36.8 Å². The minimum absolute atomic E-state index is 0.141. The molecule has 5 atom stereocenters. The Balaban J connectivity index is 1.55. The molecule has 4 aliphatic rings. The van der Waals surface area contributed by atoms with Crippen LogP contribution in [0.4, 0.5) is 5.69 Å². The fourth-order valence-electron chi connectivity index (χ4n) is 6.13. The number of unbranched alkanes of at least 4 members (excludes halogenated alkanes) is 3. The number of benzene rings is 1. The first-order valence-electron chi connectivity index (χ1n) is 13.2. The number of aliphatic hydroxyl groups excluding tert-OH is 1. The number of esters is 1. The Morgan fingerprint density at radius 2 is 1.89 bits per heavy atom. The molecule has 4 heterocycles. The predicted octanol–water partition coefficient (Wildman–Crippen LogP) is 3.99. The van der Waals surface area contributed by atoms with Crippen LogP contribution in [-0.4, -0.2) is 70.1 Å². The zero-order valence-corrected chi connectivity index (χ0v) is 22.3. The number of rotatable bonds is 7. The van der Waals surface area contributed by atoms with Gasteiger partial charge >= 0.3 is 5.97 Å². The first-order chi connectivity index (χ1) is 18.0. The van der Waals surface area contributed by atoms with E-state index in [1.807, 2.05) is 36.4 Å². The van der Waals surface area contributed by atoms with E-state index in [1.54, 1.807) is 27.6 Å². The van der Waals surface area contributed by atoms with Gasteiger partial charge in [0.25, 0.3) is 5.91 Å². The second-order valence-corrected chi connectivity index (χ2v) is 11.9. The Morgan fingerprint density at radius 3 is 2.70 bits per heavy atom. The van der Waals surface area contributed by atoms with Crippen LogP contribution in [-0.2, 0) is 19.1 Å². The highest BCUT2D eigenvalue weighted by Crippen LogP contribution is 2.61. The van der Waals surface area contributed by atoms with Gasteiger partial charge in [-0.25, -0.2) is 0 Å². The number of allylic oxidation sites excluding steroid dienone is 1. The number of ether oxygens (including phenoxy) is 1. The second-order valence-electron chi connectivity index (χ2n) is 10.1. The van der Waals surface area contributed by atoms with Crippen molar-refractivity contribution >= 4 is 46.8 Å². The summed E-state index contributed by atoms with van der Waals surface area (Å²) in [6, 6.07) is 6.49. The Kier molecular flexibility index (Phi) is 7.98. The summed E-state index contributed by atoms with van der Waals surface area (Å²) in [5.74, 6) is -2.00. The van der Waals surface area contributed by atoms with Crippen LogP contribution in [0, 0.1) is 11.8 Å². The maximum Gasteiger partial charge on any atom is 0.311 e. The average Bonchev–Trinajstić information content (AvgIpc) is 3.29. The Bertz CT molecular complexity index is 1110. The van der Waals surface area contributed by atoms with Crippen molar-refractivity contribution in [2.45, 2.75) is 54.6 Å². The van der Waals surface area contributed by atoms with Crippen molar-refractivity contribution in [1.29, 1.82) is 0 Å². The SMILES string of the molecule is O=C1OCCC/C=C\[C@@H]2S[C@]34C=CCN(c5ccccc5Cl)C(=O)C3N(CCCCCCO)C(=O)[C@@H]4[C@H]12. The third kappa shape index (κ3) is 4.72. The zero-order chi connectivity index (χ0) is 26.0. The first kappa shape index (κ1) is 26.3. The van der Waals surface area contributed by atoms with Gasteiger partial charge in [0, 0.05) is 24.9 Å². The number of hydrogen-bond acceptors (Lipinski definition) is 6. The van der Waals surface area contributed by atoms with Gasteiger partial charge < -0.3 is 19.6 Å². The number of fused-ring (bicyclic) bond motifs is 2. The van der Waals surface area contributed by atoms with Gasteiger partial charge in [0.2, 0.25) is 5.91 Å². The van der Waals surface area contributed by atoms with Crippen LogP contribution >= 0.6 is 23.4 Å². The number of likely N-dealkylation sites (tertiary alicyclic amines) is 1. The van der Waals surface area contributed by atoms with Crippen molar-refractivity contribution in [1.82, 2.24) is 4.90 Å². The largest absolute Gasteiger partial charge is 0.465 e. The van der Waals surface area contributed by atoms with Crippen LogP contribution in [0.1, 0.15) is 38.5 Å². The number of carbonyl (C=O) groups excluding carboxylic acids is 3. The summed E-state index contributed by atoms with van der Waals surface area (Å²) in [5, 5.41) is 9.35. The van der Waals surface area contributed by atoms with Crippen LogP contribution in [0.2, 0.25) is 5.02 Å². The molecule has 5 rings (SSSR count). The number of aliphatic hydroxyl groups is 1. The molecule has 0 radical (unpaired) electrons. The van der Waals surface area contributed by atoms with Gasteiger partial charge in [-0.15, -0.1) is 11.8 Å². The van der Waals surface area contributed by atoms with Gasteiger partial charge in [-0.3, -0.25) is 14.4 Å². The number of anilines is 1. The molecule has 2 saturated heterocycles. The van der Waals surface area contributed by atoms with Crippen molar-refractivity contribution in [2.24, 2.45) is 11.8 Å². The fourth-order valence-corrected chi connectivity index (χ4v) is 8.37. The lowest BCUT2D eigenvalue weighted by Gasteiger charge is -2.35. The van der Waals surface area contributed by atoms with Gasteiger partial charge in [-0.1, -0.05) is 60.9 Å². The maximum absolute atomic E-state index is 14.3. The number of para-hydroxylation sites is 1. The molecule has 0 saturated carbocycles. The summed E-state index contributed by atoms with van der Waals surface area (Å²) in [6.45, 7) is 1.23. The molecule has 0 bridgehead atoms. The van der Waals surface area contributed by atoms with E-state index in [0.717, 1.165) is 32.1 Å². The normalized spacial score (nSPS) is 32.1. The lowest BCUT2D eigenvalue weighted by atomic mass is 9.78. The second kappa shape index (κ2) is 11.2. The van der Waals surface area contributed by atoms with Gasteiger partial charge in [-0.05, 0) is 37.8 Å². The minimum atomic E-state index is -0.868. The van der Waals surface area contributed by atoms with E-state index in [4.69, 9.17) is 21.4 Å². The molecule has 4 aliphatic heterocycles. The molecule has 9 heteroatoms. The summed E-state index contributed by atoms with van der Waals surface area (Å²) in [5.41, 5.74) is 0.611. The van der Waals surface area contributed by atoms with Crippen molar-refractivity contribution in [3.05, 3.63) is 53.6 Å². The van der Waals surface area contributed by atoms with Gasteiger partial charge in [0.15, 0.2) is 0 Å². The summed E-state index contributed by atoms with van der Waals surface area (Å²) in [7, 11) is 0. The van der Waals surface area contributed by atoms with E-state index in [2.05, 4.69) is 6.08 Å². The predicted molar refractivity (Wildman–Crippen MR) is 144 cm³/mol. The summed E-state index contributed by atoms with van der Waals surface area (Å²) in [4.78, 5) is 45.1. The van der Waals surface area contributed by atoms with Crippen LogP contribution < -0.4 is 4.90 Å². The molecule has 1 spiro atoms. The summed E-state index contributed by atoms with van der Waals surface area (Å²) >= 11 is 8.06. The fraction of sp³-hybridized carbons (Fsp3) is 0.536. The third-order valence-electron chi connectivity index (χ3n) is 7.80. The van der Waals surface area contributed by atoms with Gasteiger partial charge in [-0.2, -0.15) is 0 Å². The molecule has 1 aromatic rings. The van der Waals surface area contributed by atoms with E-state index >= 15 is 0 Å². The molecule has 0 aromatic heterocycles. The van der Waals surface area contributed by atoms with Crippen molar-refractivity contribution in [3.8, 4) is 0 Å². The van der Waals surface area contributed by atoms with Gasteiger partial charge in [0.05, 0.1) is 33.9 Å². The number of halogens is 1. The summed E-state index contributed by atoms with van der Waals surface area (Å²) in [6.07, 6.45) is 12.7. The van der Waals surface area contributed by atoms with Crippen LogP contribution in [0.5, 0.6) is 0 Å². The molecule has 2 amide bonds. The smallest absolute Gasteiger partial charge is 0.311 e. The van der Waals surface area contributed by atoms with Gasteiger partial charge in [0.1, 0.15) is 6.04 Å². The van der Waals surface area contributed by atoms with E-state index < -0.39 is 22.6 Å². The monoisotopic (exact) mass is 544 g/mol. The standard InChI is InChI=1S/C28H33ClN2O5S/c29-19-11-5-6-12-20(19)30-16-10-14-28-23(22-21(37-28)13-4-3-9-18-36-27(22)35)25(33)31(24(28)26(30)34)15-7-1-2-8-17-32/h4-6,10-14,21-24,32H,1-3,7-9,15-18H2/b13-4-/t21-,22+,23-,24?,28-/m0/s1. The molecule has 0 aliphatic carbocycles. The molecule has 1 unspecified atom stereocenters. The van der Waals surface area contributed by atoms with Crippen molar-refractivity contribution in [2.75, 3.05) is 31.2 Å². The number of amides is 2. The van der Waals surface area contributed by atoms with Crippen molar-refractivity contribution < 1.29 is 24.2 Å². The maximum atomic E-state index is 14.3. The molecule has 1 aromatic carbocycles. The highest BCUT2D eigenvalue weighted by atomic mass is 35.5. The molecule has 1 N–H and O–H groups in total. The highest BCUT2D eigenvalue weighted by molar-refractivity contribution is 8.02. The number of cyclic esters (lactones) is 1. The Hall–Kier alpha value is -2.29. The zero-order valence-electron chi connectivity index (χ0n) is 20.8.